The fourth-order valence-electron chi connectivity index (χ4n) is 3.66. The number of rotatable bonds is 8. The number of nitrogens with one attached hydrogen (secondary N) is 1. The Labute approximate surface area is 181 Å². The Morgan fingerprint density at radius 1 is 1.17 bits per heavy atom. The number of amides is 1. The minimum atomic E-state index is -1.17. The molecular formula is C24H26ClNO4. The molecule has 158 valence electrons. The summed E-state index contributed by atoms with van der Waals surface area (Å²) in [6.07, 6.45) is 7.38. The molecule has 1 aliphatic rings. The van der Waals surface area contributed by atoms with E-state index >= 15 is 0 Å². The van der Waals surface area contributed by atoms with E-state index in [1.807, 2.05) is 19.1 Å². The molecule has 2 N–H and O–H groups in total. The highest BCUT2D eigenvalue weighted by Gasteiger charge is 2.18. The molecule has 1 saturated carbocycles. The molecule has 0 atom stereocenters. The summed E-state index contributed by atoms with van der Waals surface area (Å²) in [4.78, 5) is 23.7. The average Bonchev–Trinajstić information content (AvgIpc) is 3.23. The molecule has 0 bridgehead atoms. The van der Waals surface area contributed by atoms with Gasteiger partial charge in [0.05, 0.1) is 5.02 Å². The predicted molar refractivity (Wildman–Crippen MR) is 118 cm³/mol. The van der Waals surface area contributed by atoms with Crippen molar-refractivity contribution in [2.75, 3.05) is 0 Å². The Balaban J connectivity index is 1.63. The first-order valence-corrected chi connectivity index (χ1v) is 10.6. The summed E-state index contributed by atoms with van der Waals surface area (Å²) in [6.45, 7) is 1.91. The number of aliphatic carboxylic acids is 1. The van der Waals surface area contributed by atoms with Crippen LogP contribution in [0.2, 0.25) is 5.02 Å². The summed E-state index contributed by atoms with van der Waals surface area (Å²) in [7, 11) is 0. The molecule has 0 heterocycles. The van der Waals surface area contributed by atoms with E-state index in [2.05, 4.69) is 5.32 Å². The second-order valence-electron chi connectivity index (χ2n) is 7.66. The summed E-state index contributed by atoms with van der Waals surface area (Å²) in [5, 5.41) is 12.5. The van der Waals surface area contributed by atoms with Gasteiger partial charge in [-0.25, -0.2) is 4.79 Å². The van der Waals surface area contributed by atoms with Gasteiger partial charge in [-0.3, -0.25) is 4.79 Å². The zero-order valence-electron chi connectivity index (χ0n) is 17.0. The van der Waals surface area contributed by atoms with Crippen molar-refractivity contribution in [3.05, 3.63) is 64.3 Å². The van der Waals surface area contributed by atoms with Crippen LogP contribution in [0.5, 0.6) is 11.5 Å². The third-order valence-corrected chi connectivity index (χ3v) is 5.63. The lowest BCUT2D eigenvalue weighted by molar-refractivity contribution is -0.134. The van der Waals surface area contributed by atoms with E-state index in [1.54, 1.807) is 30.3 Å². The van der Waals surface area contributed by atoms with Crippen LogP contribution >= 0.6 is 11.6 Å². The number of para-hydroxylation sites is 1. The molecule has 30 heavy (non-hydrogen) atoms. The summed E-state index contributed by atoms with van der Waals surface area (Å²) in [6, 6.07) is 12.5. The lowest BCUT2D eigenvalue weighted by atomic mass is 10.0. The first-order chi connectivity index (χ1) is 14.4. The van der Waals surface area contributed by atoms with Crippen molar-refractivity contribution in [1.82, 2.24) is 5.32 Å². The van der Waals surface area contributed by atoms with Crippen LogP contribution in [0.3, 0.4) is 0 Å². The highest BCUT2D eigenvalue weighted by Crippen LogP contribution is 2.32. The van der Waals surface area contributed by atoms with E-state index < -0.39 is 5.97 Å². The number of carbonyl (C=O) groups is 2. The SMILES string of the molecule is Cc1cccc(Cl)c1Oc1ccc(C=C(NC(=O)CCC2CCCC2)C(=O)O)cc1. The van der Waals surface area contributed by atoms with Crippen molar-refractivity contribution in [3.63, 3.8) is 0 Å². The minimum absolute atomic E-state index is 0.137. The van der Waals surface area contributed by atoms with Crippen LogP contribution in [-0.2, 0) is 9.59 Å². The Morgan fingerprint density at radius 3 is 2.50 bits per heavy atom. The second kappa shape index (κ2) is 10.3. The molecule has 0 saturated heterocycles. The highest BCUT2D eigenvalue weighted by atomic mass is 35.5. The number of benzene rings is 2. The molecular weight excluding hydrogens is 402 g/mol. The smallest absolute Gasteiger partial charge is 0.352 e. The average molecular weight is 428 g/mol. The van der Waals surface area contributed by atoms with Gasteiger partial charge in [-0.15, -0.1) is 0 Å². The quantitative estimate of drug-likeness (QED) is 0.510. The van der Waals surface area contributed by atoms with Crippen LogP contribution in [0.1, 0.15) is 49.7 Å². The number of carboxylic acids is 1. The third kappa shape index (κ3) is 6.10. The first kappa shape index (κ1) is 21.9. The zero-order chi connectivity index (χ0) is 21.5. The molecule has 3 rings (SSSR count). The molecule has 6 heteroatoms. The first-order valence-electron chi connectivity index (χ1n) is 10.2. The van der Waals surface area contributed by atoms with Crippen LogP contribution < -0.4 is 10.1 Å². The van der Waals surface area contributed by atoms with Crippen molar-refractivity contribution in [2.24, 2.45) is 5.92 Å². The number of hydrogen-bond acceptors (Lipinski definition) is 3. The van der Waals surface area contributed by atoms with E-state index in [-0.39, 0.29) is 11.6 Å². The lowest BCUT2D eigenvalue weighted by Gasteiger charge is -2.11. The minimum Gasteiger partial charge on any atom is -0.477 e. The number of ether oxygens (including phenoxy) is 1. The largest absolute Gasteiger partial charge is 0.477 e. The molecule has 5 nitrogen and oxygen atoms in total. The Morgan fingerprint density at radius 2 is 1.87 bits per heavy atom. The van der Waals surface area contributed by atoms with Crippen LogP contribution in [0.4, 0.5) is 0 Å². The monoisotopic (exact) mass is 427 g/mol. The van der Waals surface area contributed by atoms with Gasteiger partial charge in [0.2, 0.25) is 5.91 Å². The Hall–Kier alpha value is -2.79. The second-order valence-corrected chi connectivity index (χ2v) is 8.06. The molecule has 0 spiro atoms. The fraction of sp³-hybridized carbons (Fsp3) is 0.333. The number of carboxylic acid groups (broad SMARTS) is 1. The lowest BCUT2D eigenvalue weighted by Crippen LogP contribution is -2.27. The zero-order valence-corrected chi connectivity index (χ0v) is 17.7. The molecule has 2 aromatic rings. The van der Waals surface area contributed by atoms with Gasteiger partial charge in [0.25, 0.3) is 0 Å². The molecule has 1 aliphatic carbocycles. The summed E-state index contributed by atoms with van der Waals surface area (Å²) >= 11 is 6.19. The summed E-state index contributed by atoms with van der Waals surface area (Å²) in [5.41, 5.74) is 1.42. The Bertz CT molecular complexity index is 910. The normalized spacial score (nSPS) is 14.5. The van der Waals surface area contributed by atoms with Gasteiger partial charge < -0.3 is 15.2 Å². The van der Waals surface area contributed by atoms with Crippen molar-refractivity contribution >= 4 is 29.6 Å². The maximum Gasteiger partial charge on any atom is 0.352 e. The maximum atomic E-state index is 12.2. The van der Waals surface area contributed by atoms with Gasteiger partial charge in [0.1, 0.15) is 17.2 Å². The van der Waals surface area contributed by atoms with Crippen molar-refractivity contribution in [1.29, 1.82) is 0 Å². The summed E-state index contributed by atoms with van der Waals surface area (Å²) < 4.78 is 5.85. The van der Waals surface area contributed by atoms with Crippen LogP contribution in [0.15, 0.2) is 48.2 Å². The van der Waals surface area contributed by atoms with E-state index in [0.717, 1.165) is 24.8 Å². The van der Waals surface area contributed by atoms with Gasteiger partial charge in [0.15, 0.2) is 0 Å². The van der Waals surface area contributed by atoms with E-state index in [4.69, 9.17) is 16.3 Å². The van der Waals surface area contributed by atoms with E-state index in [0.29, 0.717) is 34.4 Å². The van der Waals surface area contributed by atoms with Crippen molar-refractivity contribution in [2.45, 2.75) is 45.4 Å². The maximum absolute atomic E-state index is 12.2. The number of hydrogen-bond donors (Lipinski definition) is 2. The third-order valence-electron chi connectivity index (χ3n) is 5.33. The fourth-order valence-corrected chi connectivity index (χ4v) is 3.92. The number of carbonyl (C=O) groups excluding carboxylic acids is 1. The molecule has 1 amide bonds. The number of halogens is 1. The topological polar surface area (TPSA) is 75.6 Å². The van der Waals surface area contributed by atoms with Gasteiger partial charge in [-0.05, 0) is 54.7 Å². The van der Waals surface area contributed by atoms with Gasteiger partial charge in [-0.1, -0.05) is 61.5 Å². The van der Waals surface area contributed by atoms with Crippen molar-refractivity contribution < 1.29 is 19.4 Å². The van der Waals surface area contributed by atoms with Gasteiger partial charge in [-0.2, -0.15) is 0 Å². The highest BCUT2D eigenvalue weighted by molar-refractivity contribution is 6.32. The molecule has 0 aromatic heterocycles. The number of aryl methyl sites for hydroxylation is 1. The molecule has 0 radical (unpaired) electrons. The van der Waals surface area contributed by atoms with Crippen LogP contribution in [0, 0.1) is 12.8 Å². The van der Waals surface area contributed by atoms with Crippen molar-refractivity contribution in [3.8, 4) is 11.5 Å². The van der Waals surface area contributed by atoms with Crippen LogP contribution in [-0.4, -0.2) is 17.0 Å². The van der Waals surface area contributed by atoms with Gasteiger partial charge >= 0.3 is 5.97 Å². The van der Waals surface area contributed by atoms with E-state index in [1.165, 1.54) is 18.9 Å². The molecule has 0 unspecified atom stereocenters. The van der Waals surface area contributed by atoms with Crippen LogP contribution in [0.25, 0.3) is 6.08 Å². The summed E-state index contributed by atoms with van der Waals surface area (Å²) in [5.74, 6) is 0.326. The Kier molecular flexibility index (Phi) is 7.52. The van der Waals surface area contributed by atoms with Gasteiger partial charge in [0, 0.05) is 6.42 Å². The predicted octanol–water partition coefficient (Wildman–Crippen LogP) is 5.95. The molecule has 0 aliphatic heterocycles. The molecule has 2 aromatic carbocycles. The standard InChI is InChI=1S/C24H26ClNO4/c1-16-5-4-8-20(25)23(16)30-19-12-9-18(10-13-19)15-21(24(28)29)26-22(27)14-11-17-6-2-3-7-17/h4-5,8-10,12-13,15,17H,2-3,6-7,11,14H2,1H3,(H,26,27)(H,28,29). The molecule has 1 fully saturated rings. The van der Waals surface area contributed by atoms with E-state index in [9.17, 15) is 14.7 Å².